The summed E-state index contributed by atoms with van der Waals surface area (Å²) < 4.78 is 11.9. The first kappa shape index (κ1) is 26.4. The lowest BCUT2D eigenvalue weighted by atomic mass is 9.70. The van der Waals surface area contributed by atoms with Gasteiger partial charge in [-0.05, 0) is 59.3 Å². The molecular weight excluding hydrogens is 436 g/mol. The van der Waals surface area contributed by atoms with Gasteiger partial charge in [-0.1, -0.05) is 12.2 Å². The lowest BCUT2D eigenvalue weighted by Gasteiger charge is -2.42. The number of esters is 1. The highest BCUT2D eigenvalue weighted by atomic mass is 16.6. The number of ether oxygens (including phenoxy) is 2. The number of rotatable bonds is 12. The van der Waals surface area contributed by atoms with Crippen LogP contribution in [0.4, 0.5) is 0 Å². The average molecular weight is 477 g/mol. The van der Waals surface area contributed by atoms with Gasteiger partial charge in [0.05, 0.1) is 24.5 Å². The Bertz CT molecular complexity index is 806. The largest absolute Gasteiger partial charge is 0.465 e. The Morgan fingerprint density at radius 2 is 2.00 bits per heavy atom. The highest BCUT2D eigenvalue weighted by Crippen LogP contribution is 2.59. The van der Waals surface area contributed by atoms with E-state index in [9.17, 15) is 19.5 Å². The van der Waals surface area contributed by atoms with Crippen molar-refractivity contribution >= 4 is 17.8 Å². The molecule has 1 N–H and O–H groups in total. The smallest absolute Gasteiger partial charge is 0.312 e. The predicted octanol–water partition coefficient (Wildman–Crippen LogP) is 2.46. The highest BCUT2D eigenvalue weighted by molar-refractivity contribution is 5.98. The first-order valence-electron chi connectivity index (χ1n) is 12.4. The second-order valence-corrected chi connectivity index (χ2v) is 10.5. The van der Waals surface area contributed by atoms with E-state index in [2.05, 4.69) is 13.2 Å². The molecule has 2 bridgehead atoms. The van der Waals surface area contributed by atoms with E-state index in [1.165, 1.54) is 0 Å². The van der Waals surface area contributed by atoms with Gasteiger partial charge in [0, 0.05) is 25.2 Å². The summed E-state index contributed by atoms with van der Waals surface area (Å²) in [7, 11) is 0. The molecule has 0 saturated carbocycles. The molecule has 8 heteroatoms. The first-order valence-corrected chi connectivity index (χ1v) is 12.4. The summed E-state index contributed by atoms with van der Waals surface area (Å²) in [5, 5.41) is 9.26. The molecule has 0 radical (unpaired) electrons. The summed E-state index contributed by atoms with van der Waals surface area (Å²) in [6, 6.07) is -0.813. The molecule has 3 saturated heterocycles. The van der Waals surface area contributed by atoms with Crippen LogP contribution in [0.2, 0.25) is 0 Å². The molecule has 3 fully saturated rings. The van der Waals surface area contributed by atoms with Crippen molar-refractivity contribution in [2.45, 2.75) is 82.6 Å². The van der Waals surface area contributed by atoms with Gasteiger partial charge in [-0.15, -0.1) is 13.2 Å². The van der Waals surface area contributed by atoms with Crippen molar-refractivity contribution in [3.8, 4) is 0 Å². The van der Waals surface area contributed by atoms with Gasteiger partial charge in [0.15, 0.2) is 0 Å². The number of nitrogens with zero attached hydrogens (tertiary/aromatic N) is 2. The SMILES string of the molecule is C=CCCCOC(=O)[C@@H]1[C@@H]2CCC3(O2)C(C(=O)N(CC=C)C(C)(C)C)N(CCCCO)C(=O)[C@H]13. The van der Waals surface area contributed by atoms with Crippen molar-refractivity contribution in [2.24, 2.45) is 11.8 Å². The van der Waals surface area contributed by atoms with Crippen molar-refractivity contribution in [1.29, 1.82) is 0 Å². The summed E-state index contributed by atoms with van der Waals surface area (Å²) in [4.78, 5) is 44.2. The van der Waals surface area contributed by atoms with E-state index >= 15 is 0 Å². The molecule has 5 atom stereocenters. The van der Waals surface area contributed by atoms with Crippen molar-refractivity contribution in [1.82, 2.24) is 9.80 Å². The van der Waals surface area contributed by atoms with Crippen molar-refractivity contribution in [3.63, 3.8) is 0 Å². The third-order valence-corrected chi connectivity index (χ3v) is 7.30. The van der Waals surface area contributed by atoms with E-state index in [1.54, 1.807) is 22.0 Å². The van der Waals surface area contributed by atoms with Gasteiger partial charge in [-0.2, -0.15) is 0 Å². The van der Waals surface area contributed by atoms with Crippen molar-refractivity contribution in [3.05, 3.63) is 25.3 Å². The predicted molar refractivity (Wildman–Crippen MR) is 128 cm³/mol. The van der Waals surface area contributed by atoms with Crippen LogP contribution in [0, 0.1) is 11.8 Å². The third kappa shape index (κ3) is 4.67. The number of unbranched alkanes of at least 4 members (excludes halogenated alkanes) is 2. The Kier molecular flexibility index (Phi) is 8.24. The zero-order valence-corrected chi connectivity index (χ0v) is 20.8. The fraction of sp³-hybridized carbons (Fsp3) is 0.731. The third-order valence-electron chi connectivity index (χ3n) is 7.30. The van der Waals surface area contributed by atoms with Crippen molar-refractivity contribution in [2.75, 3.05) is 26.3 Å². The number of hydrogen-bond acceptors (Lipinski definition) is 6. The van der Waals surface area contributed by atoms with Gasteiger partial charge in [0.2, 0.25) is 11.8 Å². The van der Waals surface area contributed by atoms with Gasteiger partial charge in [0.1, 0.15) is 11.6 Å². The van der Waals surface area contributed by atoms with Crippen LogP contribution >= 0.6 is 0 Å². The Morgan fingerprint density at radius 1 is 1.26 bits per heavy atom. The maximum atomic E-state index is 14.0. The number of fused-ring (bicyclic) bond motifs is 1. The number of aliphatic hydroxyl groups is 1. The normalized spacial score (nSPS) is 29.8. The molecule has 2 unspecified atom stereocenters. The summed E-state index contributed by atoms with van der Waals surface area (Å²) in [6.45, 7) is 14.3. The van der Waals surface area contributed by atoms with E-state index in [1.807, 2.05) is 20.8 Å². The topological polar surface area (TPSA) is 96.4 Å². The fourth-order valence-corrected chi connectivity index (χ4v) is 5.80. The van der Waals surface area contributed by atoms with Crippen LogP contribution in [0.25, 0.3) is 0 Å². The van der Waals surface area contributed by atoms with Crippen LogP contribution in [0.1, 0.15) is 59.3 Å². The van der Waals surface area contributed by atoms with Gasteiger partial charge < -0.3 is 24.4 Å². The van der Waals surface area contributed by atoms with Gasteiger partial charge >= 0.3 is 5.97 Å². The summed E-state index contributed by atoms with van der Waals surface area (Å²) >= 11 is 0. The number of likely N-dealkylation sites (tertiary alicyclic amines) is 1. The number of amides is 2. The lowest BCUT2D eigenvalue weighted by Crippen LogP contribution is -2.59. The van der Waals surface area contributed by atoms with E-state index < -0.39 is 41.1 Å². The minimum atomic E-state index is -1.03. The second-order valence-electron chi connectivity index (χ2n) is 10.5. The number of carbonyl (C=O) groups is 3. The standard InChI is InChI=1S/C26H40N2O6/c1-6-8-11-17-33-24(32)19-18-12-13-26(34-18)20(19)22(30)27(15-9-10-16-29)21(26)23(31)28(14-7-2)25(3,4)5/h6-7,18-21,29H,1-2,8-17H2,3-5H3/t18-,19+,20-,21?,26?/m0/s1. The maximum Gasteiger partial charge on any atom is 0.312 e. The Balaban J connectivity index is 1.94. The summed E-state index contributed by atoms with van der Waals surface area (Å²) in [6.07, 6.45) is 6.70. The van der Waals surface area contributed by atoms with Gasteiger partial charge in [-0.3, -0.25) is 14.4 Å². The molecule has 190 valence electrons. The monoisotopic (exact) mass is 476 g/mol. The molecule has 0 aromatic rings. The minimum Gasteiger partial charge on any atom is -0.465 e. The average Bonchev–Trinajstić information content (AvgIpc) is 3.41. The zero-order chi connectivity index (χ0) is 25.1. The maximum absolute atomic E-state index is 14.0. The van der Waals surface area contributed by atoms with Gasteiger partial charge in [-0.25, -0.2) is 0 Å². The number of aliphatic hydroxyl groups excluding tert-OH is 1. The number of hydrogen-bond donors (Lipinski definition) is 1. The Morgan fingerprint density at radius 3 is 2.62 bits per heavy atom. The van der Waals surface area contributed by atoms with E-state index in [0.29, 0.717) is 45.2 Å². The lowest BCUT2D eigenvalue weighted by molar-refractivity contribution is -0.155. The molecule has 3 aliphatic heterocycles. The molecule has 3 aliphatic rings. The fourth-order valence-electron chi connectivity index (χ4n) is 5.80. The quantitative estimate of drug-likeness (QED) is 0.264. The van der Waals surface area contributed by atoms with Gasteiger partial charge in [0.25, 0.3) is 0 Å². The molecule has 0 aromatic carbocycles. The summed E-state index contributed by atoms with van der Waals surface area (Å²) in [5.41, 5.74) is -1.52. The molecule has 34 heavy (non-hydrogen) atoms. The highest BCUT2D eigenvalue weighted by Gasteiger charge is 2.75. The number of carbonyl (C=O) groups excluding carboxylic acids is 3. The number of allylic oxidation sites excluding steroid dienone is 1. The summed E-state index contributed by atoms with van der Waals surface area (Å²) in [5.74, 6) is -2.26. The Labute approximate surface area is 202 Å². The van der Waals surface area contributed by atoms with E-state index in [-0.39, 0.29) is 25.0 Å². The Hall–Kier alpha value is -2.19. The minimum absolute atomic E-state index is 0.0119. The second kappa shape index (κ2) is 10.6. The van der Waals surface area contributed by atoms with Crippen LogP contribution in [0.5, 0.6) is 0 Å². The van der Waals surface area contributed by atoms with E-state index in [4.69, 9.17) is 9.47 Å². The molecular formula is C26H40N2O6. The molecule has 1 spiro atoms. The molecule has 3 heterocycles. The molecule has 3 rings (SSSR count). The van der Waals surface area contributed by atoms with E-state index in [0.717, 1.165) is 6.42 Å². The van der Waals surface area contributed by atoms with Crippen LogP contribution < -0.4 is 0 Å². The zero-order valence-electron chi connectivity index (χ0n) is 20.8. The van der Waals surface area contributed by atoms with Crippen LogP contribution in [0.3, 0.4) is 0 Å². The van der Waals surface area contributed by atoms with Crippen LogP contribution in [0.15, 0.2) is 25.3 Å². The molecule has 8 nitrogen and oxygen atoms in total. The molecule has 2 amide bonds. The molecule has 0 aromatic heterocycles. The molecule has 0 aliphatic carbocycles. The van der Waals surface area contributed by atoms with Crippen molar-refractivity contribution < 1.29 is 29.0 Å². The van der Waals surface area contributed by atoms with Crippen LogP contribution in [-0.2, 0) is 23.9 Å². The van der Waals surface area contributed by atoms with Crippen LogP contribution in [-0.4, -0.2) is 82.3 Å². The first-order chi connectivity index (χ1) is 16.1.